The predicted octanol–water partition coefficient (Wildman–Crippen LogP) is 3.98. The van der Waals surface area contributed by atoms with Crippen molar-refractivity contribution in [3.8, 4) is 5.75 Å². The molecule has 2 aromatic carbocycles. The molecule has 1 unspecified atom stereocenters. The third kappa shape index (κ3) is 4.82. The number of piperazine rings is 1. The Morgan fingerprint density at radius 3 is 2.57 bits per heavy atom. The molecule has 1 aliphatic rings. The lowest BCUT2D eigenvalue weighted by Crippen LogP contribution is -2.47. The molecule has 6 heteroatoms. The molecule has 0 spiro atoms. The summed E-state index contributed by atoms with van der Waals surface area (Å²) in [7, 11) is 1.71. The van der Waals surface area contributed by atoms with Crippen LogP contribution < -0.4 is 9.64 Å². The first-order valence-corrected chi connectivity index (χ1v) is 10.8. The Labute approximate surface area is 178 Å². The van der Waals surface area contributed by atoms with Crippen LogP contribution in [-0.2, 0) is 6.42 Å². The van der Waals surface area contributed by atoms with Crippen LogP contribution in [0.15, 0.2) is 59.1 Å². The Morgan fingerprint density at radius 2 is 1.83 bits per heavy atom. The topological polar surface area (TPSA) is 54.6 Å². The summed E-state index contributed by atoms with van der Waals surface area (Å²) >= 11 is 0. The largest absolute Gasteiger partial charge is 0.497 e. The van der Waals surface area contributed by atoms with Gasteiger partial charge in [-0.15, -0.1) is 0 Å². The molecule has 1 aliphatic heterocycles. The zero-order valence-corrected chi connectivity index (χ0v) is 17.8. The quantitative estimate of drug-likeness (QED) is 0.564. The van der Waals surface area contributed by atoms with Crippen molar-refractivity contribution in [2.75, 3.05) is 44.7 Å². The molecule has 0 saturated carbocycles. The van der Waals surface area contributed by atoms with E-state index in [1.807, 2.05) is 12.1 Å². The number of hydrogen-bond donors (Lipinski definition) is 0. The molecule has 30 heavy (non-hydrogen) atoms. The van der Waals surface area contributed by atoms with Gasteiger partial charge in [0, 0.05) is 38.6 Å². The van der Waals surface area contributed by atoms with Crippen LogP contribution in [0.4, 0.5) is 6.01 Å². The fourth-order valence-corrected chi connectivity index (χ4v) is 4.03. The van der Waals surface area contributed by atoms with E-state index in [-0.39, 0.29) is 5.92 Å². The number of rotatable bonds is 8. The summed E-state index contributed by atoms with van der Waals surface area (Å²) in [5.41, 5.74) is 2.54. The molecule has 0 radical (unpaired) electrons. The van der Waals surface area contributed by atoms with Gasteiger partial charge < -0.3 is 14.2 Å². The third-order valence-corrected chi connectivity index (χ3v) is 5.85. The molecule has 2 heterocycles. The standard InChI is InChI=1S/C24H30N4O2/c1-3-22(20-9-5-4-6-10-20)23-25-24(30-26-23)28-16-14-27(15-17-28)13-12-19-8-7-11-21(18-19)29-2/h4-11,18,22H,3,12-17H2,1-2H3. The monoisotopic (exact) mass is 406 g/mol. The predicted molar refractivity (Wildman–Crippen MR) is 118 cm³/mol. The van der Waals surface area contributed by atoms with E-state index in [0.29, 0.717) is 6.01 Å². The summed E-state index contributed by atoms with van der Waals surface area (Å²) in [5, 5.41) is 4.30. The molecule has 0 aliphatic carbocycles. The van der Waals surface area contributed by atoms with Crippen molar-refractivity contribution < 1.29 is 9.26 Å². The van der Waals surface area contributed by atoms with Crippen LogP contribution in [0.25, 0.3) is 0 Å². The SMILES string of the molecule is CCC(c1ccccc1)c1noc(N2CCN(CCc3cccc(OC)c3)CC2)n1. The number of nitrogens with zero attached hydrogens (tertiary/aromatic N) is 4. The normalized spacial score (nSPS) is 15.9. The van der Waals surface area contributed by atoms with Gasteiger partial charge in [-0.2, -0.15) is 4.98 Å². The van der Waals surface area contributed by atoms with Crippen LogP contribution in [0, 0.1) is 0 Å². The lowest BCUT2D eigenvalue weighted by atomic mass is 9.96. The van der Waals surface area contributed by atoms with Gasteiger partial charge >= 0.3 is 6.01 Å². The van der Waals surface area contributed by atoms with Gasteiger partial charge in [0.25, 0.3) is 0 Å². The minimum absolute atomic E-state index is 0.174. The van der Waals surface area contributed by atoms with Gasteiger partial charge in [0.15, 0.2) is 5.82 Å². The second-order valence-electron chi connectivity index (χ2n) is 7.74. The van der Waals surface area contributed by atoms with Crippen molar-refractivity contribution in [3.05, 3.63) is 71.5 Å². The number of ether oxygens (including phenoxy) is 1. The van der Waals surface area contributed by atoms with Crippen molar-refractivity contribution >= 4 is 6.01 Å². The highest BCUT2D eigenvalue weighted by molar-refractivity contribution is 5.31. The van der Waals surface area contributed by atoms with Crippen molar-refractivity contribution in [3.63, 3.8) is 0 Å². The summed E-state index contributed by atoms with van der Waals surface area (Å²) in [6.07, 6.45) is 1.97. The molecular weight excluding hydrogens is 376 g/mol. The highest BCUT2D eigenvalue weighted by Crippen LogP contribution is 2.27. The molecule has 1 atom stereocenters. The second kappa shape index (κ2) is 9.76. The zero-order valence-electron chi connectivity index (χ0n) is 17.8. The Balaban J connectivity index is 1.31. The van der Waals surface area contributed by atoms with Crippen LogP contribution >= 0.6 is 0 Å². The van der Waals surface area contributed by atoms with E-state index in [4.69, 9.17) is 14.2 Å². The molecule has 1 fully saturated rings. The van der Waals surface area contributed by atoms with Gasteiger partial charge in [0.05, 0.1) is 7.11 Å². The molecule has 0 N–H and O–H groups in total. The molecule has 3 aromatic rings. The van der Waals surface area contributed by atoms with E-state index in [0.717, 1.165) is 57.1 Å². The van der Waals surface area contributed by atoms with Crippen LogP contribution in [0.1, 0.15) is 36.2 Å². The van der Waals surface area contributed by atoms with Crippen LogP contribution in [0.3, 0.4) is 0 Å². The molecule has 1 saturated heterocycles. The van der Waals surface area contributed by atoms with E-state index in [9.17, 15) is 0 Å². The Kier molecular flexibility index (Phi) is 6.64. The smallest absolute Gasteiger partial charge is 0.324 e. The van der Waals surface area contributed by atoms with Crippen LogP contribution in [0.5, 0.6) is 5.75 Å². The maximum Gasteiger partial charge on any atom is 0.324 e. The van der Waals surface area contributed by atoms with Gasteiger partial charge in [-0.05, 0) is 36.1 Å². The van der Waals surface area contributed by atoms with E-state index in [1.165, 1.54) is 11.1 Å². The molecule has 0 amide bonds. The number of hydrogen-bond acceptors (Lipinski definition) is 6. The van der Waals surface area contributed by atoms with Gasteiger partial charge in [-0.1, -0.05) is 54.5 Å². The summed E-state index contributed by atoms with van der Waals surface area (Å²) in [4.78, 5) is 9.43. The molecule has 6 nitrogen and oxygen atoms in total. The fourth-order valence-electron chi connectivity index (χ4n) is 4.03. The second-order valence-corrected chi connectivity index (χ2v) is 7.74. The van der Waals surface area contributed by atoms with Crippen LogP contribution in [-0.4, -0.2) is 54.9 Å². The first-order chi connectivity index (χ1) is 14.8. The maximum absolute atomic E-state index is 5.63. The van der Waals surface area contributed by atoms with E-state index < -0.39 is 0 Å². The minimum atomic E-state index is 0.174. The molecule has 4 rings (SSSR count). The Hall–Kier alpha value is -2.86. The molecule has 158 valence electrons. The minimum Gasteiger partial charge on any atom is -0.497 e. The maximum atomic E-state index is 5.63. The number of aromatic nitrogens is 2. The summed E-state index contributed by atoms with van der Waals surface area (Å²) in [6.45, 7) is 7.01. The summed E-state index contributed by atoms with van der Waals surface area (Å²) in [5.74, 6) is 1.87. The van der Waals surface area contributed by atoms with Crippen molar-refractivity contribution in [1.29, 1.82) is 0 Å². The van der Waals surface area contributed by atoms with E-state index >= 15 is 0 Å². The Morgan fingerprint density at radius 1 is 1.03 bits per heavy atom. The number of benzene rings is 2. The lowest BCUT2D eigenvalue weighted by Gasteiger charge is -2.33. The molecule has 1 aromatic heterocycles. The van der Waals surface area contributed by atoms with Crippen molar-refractivity contribution in [1.82, 2.24) is 15.0 Å². The van der Waals surface area contributed by atoms with Crippen molar-refractivity contribution in [2.24, 2.45) is 0 Å². The number of methoxy groups -OCH3 is 1. The van der Waals surface area contributed by atoms with E-state index in [2.05, 4.69) is 64.3 Å². The average molecular weight is 407 g/mol. The summed E-state index contributed by atoms with van der Waals surface area (Å²) < 4.78 is 11.0. The fraction of sp³-hybridized carbons (Fsp3) is 0.417. The zero-order chi connectivity index (χ0) is 20.8. The highest BCUT2D eigenvalue weighted by Gasteiger charge is 2.24. The number of anilines is 1. The lowest BCUT2D eigenvalue weighted by molar-refractivity contribution is 0.253. The first-order valence-electron chi connectivity index (χ1n) is 10.8. The molecular formula is C24H30N4O2. The highest BCUT2D eigenvalue weighted by atomic mass is 16.5. The Bertz CT molecular complexity index is 920. The van der Waals surface area contributed by atoms with Crippen LogP contribution in [0.2, 0.25) is 0 Å². The van der Waals surface area contributed by atoms with Gasteiger partial charge in [0.2, 0.25) is 0 Å². The van der Waals surface area contributed by atoms with Gasteiger partial charge in [0.1, 0.15) is 5.75 Å². The average Bonchev–Trinajstić information content (AvgIpc) is 3.29. The molecule has 0 bridgehead atoms. The van der Waals surface area contributed by atoms with Gasteiger partial charge in [-0.3, -0.25) is 4.90 Å². The van der Waals surface area contributed by atoms with Crippen molar-refractivity contribution in [2.45, 2.75) is 25.7 Å². The third-order valence-electron chi connectivity index (χ3n) is 5.85. The van der Waals surface area contributed by atoms with Gasteiger partial charge in [-0.25, -0.2) is 0 Å². The first kappa shape index (κ1) is 20.4. The van der Waals surface area contributed by atoms with E-state index in [1.54, 1.807) is 7.11 Å². The summed E-state index contributed by atoms with van der Waals surface area (Å²) in [6, 6.07) is 19.4.